The lowest BCUT2D eigenvalue weighted by Crippen LogP contribution is -2.04. The average molecular weight is 685 g/mol. The van der Waals surface area contributed by atoms with Gasteiger partial charge in [0.25, 0.3) is 0 Å². The molecular formula is C46H68O4. The zero-order chi connectivity index (χ0) is 36.6. The highest BCUT2D eigenvalue weighted by Crippen LogP contribution is 2.13. The summed E-state index contributed by atoms with van der Waals surface area (Å²) in [7, 11) is 0. The topological polar surface area (TPSA) is 80.9 Å². The number of unbranched alkanes of at least 4 members (excludes halogenated alkanes) is 19. The van der Waals surface area contributed by atoms with Crippen LogP contribution in [0.4, 0.5) is 0 Å². The van der Waals surface area contributed by atoms with E-state index in [0.29, 0.717) is 6.42 Å². The van der Waals surface area contributed by atoms with Crippen molar-refractivity contribution >= 4 is 0 Å². The van der Waals surface area contributed by atoms with Gasteiger partial charge in [0.05, 0.1) is 6.10 Å². The normalized spacial score (nSPS) is 14.0. The Balaban J connectivity index is 3.56. The summed E-state index contributed by atoms with van der Waals surface area (Å²) in [6.45, 7) is 0. The first-order valence-corrected chi connectivity index (χ1v) is 19.4. The van der Waals surface area contributed by atoms with Gasteiger partial charge < -0.3 is 20.4 Å². The smallest absolute Gasteiger partial charge is 0.176 e. The van der Waals surface area contributed by atoms with Gasteiger partial charge in [0.2, 0.25) is 0 Å². The molecule has 0 aromatic heterocycles. The predicted octanol–water partition coefficient (Wildman–Crippen LogP) is 9.85. The molecule has 4 unspecified atom stereocenters. The highest BCUT2D eigenvalue weighted by molar-refractivity contribution is 5.24. The van der Waals surface area contributed by atoms with Crippen molar-refractivity contribution in [2.75, 3.05) is 0 Å². The summed E-state index contributed by atoms with van der Waals surface area (Å²) in [6.07, 6.45) is 54.1. The van der Waals surface area contributed by atoms with E-state index in [-0.39, 0.29) is 0 Å². The Bertz CT molecular complexity index is 1140. The lowest BCUT2D eigenvalue weighted by Gasteiger charge is -2.05. The van der Waals surface area contributed by atoms with E-state index in [1.54, 1.807) is 12.2 Å². The Morgan fingerprint density at radius 3 is 1.48 bits per heavy atom. The summed E-state index contributed by atoms with van der Waals surface area (Å²) < 4.78 is 0. The van der Waals surface area contributed by atoms with E-state index in [1.165, 1.54) is 76.7 Å². The van der Waals surface area contributed by atoms with Crippen molar-refractivity contribution in [3.8, 4) is 48.4 Å². The molecule has 0 aromatic carbocycles. The molecule has 0 aliphatic carbocycles. The molecule has 0 spiro atoms. The fourth-order valence-corrected chi connectivity index (χ4v) is 5.19. The third-order valence-corrected chi connectivity index (χ3v) is 8.20. The SMILES string of the molecule is C#CC(O)C=CCCCCCCCCCCCCCC=CCCC=CC#CC(O)C#CCCCCC=CCCCCCC(O)C=CC(O)C#C. The number of aliphatic hydroxyl groups excluding tert-OH is 4. The highest BCUT2D eigenvalue weighted by Gasteiger charge is 2.00. The van der Waals surface area contributed by atoms with Crippen LogP contribution in [0.25, 0.3) is 0 Å². The van der Waals surface area contributed by atoms with Crippen molar-refractivity contribution in [2.45, 2.75) is 179 Å². The van der Waals surface area contributed by atoms with Crippen molar-refractivity contribution in [3.63, 3.8) is 0 Å². The van der Waals surface area contributed by atoms with Gasteiger partial charge in [-0.3, -0.25) is 0 Å². The minimum absolute atomic E-state index is 0.549. The summed E-state index contributed by atoms with van der Waals surface area (Å²) in [5.41, 5.74) is 0. The number of allylic oxidation sites excluding steroid dienone is 7. The number of hydrogen-bond donors (Lipinski definition) is 4. The molecule has 0 aliphatic rings. The fraction of sp³-hybridized carbons (Fsp3) is 0.609. The maximum absolute atomic E-state index is 9.93. The molecule has 0 aromatic rings. The first kappa shape index (κ1) is 46.8. The van der Waals surface area contributed by atoms with Gasteiger partial charge in [0.15, 0.2) is 6.10 Å². The molecule has 0 rings (SSSR count). The van der Waals surface area contributed by atoms with E-state index in [0.717, 1.165) is 77.0 Å². The Kier molecular flexibility index (Phi) is 36.1. The first-order chi connectivity index (χ1) is 24.5. The fourth-order valence-electron chi connectivity index (χ4n) is 5.19. The van der Waals surface area contributed by atoms with E-state index in [1.807, 2.05) is 12.2 Å². The summed E-state index contributed by atoms with van der Waals surface area (Å²) in [6, 6.07) is 0. The zero-order valence-electron chi connectivity index (χ0n) is 31.0. The van der Waals surface area contributed by atoms with Crippen LogP contribution in [0.15, 0.2) is 60.8 Å². The molecule has 4 heteroatoms. The summed E-state index contributed by atoms with van der Waals surface area (Å²) >= 11 is 0. The molecule has 50 heavy (non-hydrogen) atoms. The van der Waals surface area contributed by atoms with Gasteiger partial charge in [-0.15, -0.1) is 12.8 Å². The summed E-state index contributed by atoms with van der Waals surface area (Å²) in [5.74, 6) is 16.0. The van der Waals surface area contributed by atoms with Crippen molar-refractivity contribution < 1.29 is 20.4 Å². The number of terminal acetylenes is 2. The highest BCUT2D eigenvalue weighted by atomic mass is 16.3. The molecular weight excluding hydrogens is 617 g/mol. The van der Waals surface area contributed by atoms with Crippen LogP contribution in [0.3, 0.4) is 0 Å². The van der Waals surface area contributed by atoms with Gasteiger partial charge in [0, 0.05) is 6.42 Å². The van der Waals surface area contributed by atoms with Gasteiger partial charge in [-0.05, 0) is 95.3 Å². The van der Waals surface area contributed by atoms with E-state index in [2.05, 4.69) is 65.9 Å². The molecule has 0 radical (unpaired) electrons. The summed E-state index contributed by atoms with van der Waals surface area (Å²) in [4.78, 5) is 0. The van der Waals surface area contributed by atoms with Crippen LogP contribution in [0, 0.1) is 48.4 Å². The van der Waals surface area contributed by atoms with Gasteiger partial charge in [0.1, 0.15) is 12.2 Å². The number of rotatable bonds is 30. The number of hydrogen-bond acceptors (Lipinski definition) is 4. The number of aliphatic hydroxyl groups is 4. The van der Waals surface area contributed by atoms with Gasteiger partial charge in [-0.2, -0.15) is 0 Å². The van der Waals surface area contributed by atoms with Crippen LogP contribution in [0.5, 0.6) is 0 Å². The molecule has 0 saturated carbocycles. The minimum Gasteiger partial charge on any atom is -0.389 e. The molecule has 4 atom stereocenters. The molecule has 4 N–H and O–H groups in total. The van der Waals surface area contributed by atoms with Gasteiger partial charge in [-0.1, -0.05) is 149 Å². The first-order valence-electron chi connectivity index (χ1n) is 19.4. The standard InChI is InChI=1S/C46H68O4/c1-3-43(47)37-33-29-25-21-17-14-12-10-8-6-5-7-9-11-13-15-18-22-26-30-34-38-45(49)39-35-31-27-23-19-16-20-24-28-32-36-40-46(50)42-41-44(48)4-2/h1-2,13,15-16,20,26,30,33,37,41-50H,5-12,14,17-19,21-25,27-29,31-32,36,40H2. The third-order valence-electron chi connectivity index (χ3n) is 8.20. The largest absolute Gasteiger partial charge is 0.389 e. The Morgan fingerprint density at radius 2 is 0.900 bits per heavy atom. The molecule has 276 valence electrons. The van der Waals surface area contributed by atoms with Crippen LogP contribution >= 0.6 is 0 Å². The van der Waals surface area contributed by atoms with Crippen molar-refractivity contribution in [1.82, 2.24) is 0 Å². The lowest BCUT2D eigenvalue weighted by molar-refractivity contribution is 0.205. The second-order valence-corrected chi connectivity index (χ2v) is 12.9. The van der Waals surface area contributed by atoms with Crippen LogP contribution in [0.1, 0.15) is 154 Å². The maximum Gasteiger partial charge on any atom is 0.176 e. The van der Waals surface area contributed by atoms with Crippen LogP contribution in [-0.4, -0.2) is 44.8 Å². The van der Waals surface area contributed by atoms with E-state index < -0.39 is 24.4 Å². The lowest BCUT2D eigenvalue weighted by atomic mass is 10.0. The zero-order valence-corrected chi connectivity index (χ0v) is 31.0. The van der Waals surface area contributed by atoms with Gasteiger partial charge in [-0.25, -0.2) is 0 Å². The minimum atomic E-state index is -0.925. The quantitative estimate of drug-likeness (QED) is 0.0345. The van der Waals surface area contributed by atoms with E-state index in [4.69, 9.17) is 12.8 Å². The van der Waals surface area contributed by atoms with Crippen molar-refractivity contribution in [1.29, 1.82) is 0 Å². The van der Waals surface area contributed by atoms with Crippen LogP contribution in [0.2, 0.25) is 0 Å². The average Bonchev–Trinajstić information content (AvgIpc) is 3.12. The Morgan fingerprint density at radius 1 is 0.440 bits per heavy atom. The molecule has 0 amide bonds. The maximum atomic E-state index is 9.93. The summed E-state index contributed by atoms with van der Waals surface area (Å²) in [5, 5.41) is 38.3. The Hall–Kier alpha value is -3.22. The molecule has 0 saturated heterocycles. The third kappa shape index (κ3) is 37.6. The van der Waals surface area contributed by atoms with Crippen LogP contribution in [-0.2, 0) is 0 Å². The predicted molar refractivity (Wildman–Crippen MR) is 214 cm³/mol. The second-order valence-electron chi connectivity index (χ2n) is 12.9. The van der Waals surface area contributed by atoms with Crippen LogP contribution < -0.4 is 0 Å². The van der Waals surface area contributed by atoms with Crippen molar-refractivity contribution in [2.24, 2.45) is 0 Å². The molecule has 0 fully saturated rings. The molecule has 0 aliphatic heterocycles. The second kappa shape index (κ2) is 38.6. The van der Waals surface area contributed by atoms with Crippen molar-refractivity contribution in [3.05, 3.63) is 60.8 Å². The van der Waals surface area contributed by atoms with E-state index >= 15 is 0 Å². The molecule has 0 bridgehead atoms. The molecule has 0 heterocycles. The van der Waals surface area contributed by atoms with Gasteiger partial charge >= 0.3 is 0 Å². The van der Waals surface area contributed by atoms with E-state index in [9.17, 15) is 20.4 Å². The Labute approximate surface area is 307 Å². The monoisotopic (exact) mass is 685 g/mol. The molecule has 4 nitrogen and oxygen atoms in total.